The quantitative estimate of drug-likeness (QED) is 0.861. The normalized spacial score (nSPS) is 27.1. The van der Waals surface area contributed by atoms with Crippen LogP contribution in [0.2, 0.25) is 0 Å². The van der Waals surface area contributed by atoms with Crippen LogP contribution >= 0.6 is 0 Å². The molecule has 3 heterocycles. The zero-order valence-corrected chi connectivity index (χ0v) is 11.1. The third-order valence-corrected chi connectivity index (χ3v) is 4.14. The molecule has 1 aromatic rings. The van der Waals surface area contributed by atoms with E-state index in [9.17, 15) is 0 Å². The predicted octanol–water partition coefficient (Wildman–Crippen LogP) is 1.59. The summed E-state index contributed by atoms with van der Waals surface area (Å²) in [6, 6.07) is 2.79. The second-order valence-electron chi connectivity index (χ2n) is 5.37. The van der Waals surface area contributed by atoms with E-state index in [4.69, 9.17) is 4.74 Å². The van der Waals surface area contributed by atoms with Crippen LogP contribution in [0.1, 0.15) is 18.5 Å². The molecule has 2 atom stereocenters. The molecule has 3 rings (SSSR count). The number of piperidine rings is 1. The van der Waals surface area contributed by atoms with E-state index in [2.05, 4.69) is 21.3 Å². The van der Waals surface area contributed by atoms with Crippen LogP contribution in [-0.4, -0.2) is 37.8 Å². The summed E-state index contributed by atoms with van der Waals surface area (Å²) in [5.74, 6) is 1.68. The molecular formula is C14H21N3O. The molecule has 1 N–H and O–H groups in total. The molecule has 2 fully saturated rings. The summed E-state index contributed by atoms with van der Waals surface area (Å²) in [5.41, 5.74) is 2.25. The Hall–Kier alpha value is -1.29. The van der Waals surface area contributed by atoms with Gasteiger partial charge < -0.3 is 15.0 Å². The van der Waals surface area contributed by atoms with Crippen LogP contribution in [0.4, 0.5) is 5.69 Å². The molecule has 0 aromatic carbocycles. The topological polar surface area (TPSA) is 37.4 Å². The maximum Gasteiger partial charge on any atom is 0.160 e. The van der Waals surface area contributed by atoms with Crippen LogP contribution in [-0.2, 0) is 0 Å². The predicted molar refractivity (Wildman–Crippen MR) is 72.3 cm³/mol. The number of aryl methyl sites for hydroxylation is 1. The Morgan fingerprint density at radius 1 is 1.44 bits per heavy atom. The number of methoxy groups -OCH3 is 1. The first-order valence-corrected chi connectivity index (χ1v) is 6.77. The first-order chi connectivity index (χ1) is 8.78. The van der Waals surface area contributed by atoms with Gasteiger partial charge in [0.1, 0.15) is 0 Å². The first kappa shape index (κ1) is 11.8. The van der Waals surface area contributed by atoms with Gasteiger partial charge in [0.15, 0.2) is 5.75 Å². The van der Waals surface area contributed by atoms with Gasteiger partial charge in [-0.2, -0.15) is 0 Å². The van der Waals surface area contributed by atoms with Gasteiger partial charge >= 0.3 is 0 Å². The van der Waals surface area contributed by atoms with Crippen molar-refractivity contribution in [1.82, 2.24) is 10.3 Å². The van der Waals surface area contributed by atoms with Crippen LogP contribution < -0.4 is 15.0 Å². The van der Waals surface area contributed by atoms with Gasteiger partial charge in [0.05, 0.1) is 19.0 Å². The number of fused-ring (bicyclic) bond motifs is 1. The van der Waals surface area contributed by atoms with E-state index in [0.717, 1.165) is 30.5 Å². The number of nitrogens with one attached hydrogen (secondary N) is 1. The summed E-state index contributed by atoms with van der Waals surface area (Å²) in [6.45, 7) is 5.42. The van der Waals surface area contributed by atoms with Crippen LogP contribution in [0.15, 0.2) is 12.3 Å². The highest BCUT2D eigenvalue weighted by atomic mass is 16.5. The summed E-state index contributed by atoms with van der Waals surface area (Å²) in [4.78, 5) is 6.75. The lowest BCUT2D eigenvalue weighted by molar-refractivity contribution is 0.340. The maximum atomic E-state index is 5.44. The summed E-state index contributed by atoms with van der Waals surface area (Å²) in [5, 5.41) is 3.63. The molecule has 98 valence electrons. The lowest BCUT2D eigenvalue weighted by Crippen LogP contribution is -2.40. The fraction of sp³-hybridized carbons (Fsp3) is 0.643. The van der Waals surface area contributed by atoms with Crippen LogP contribution in [0.25, 0.3) is 0 Å². The smallest absolute Gasteiger partial charge is 0.160 e. The van der Waals surface area contributed by atoms with Gasteiger partial charge in [-0.1, -0.05) is 0 Å². The number of ether oxygens (including phenoxy) is 1. The minimum atomic E-state index is 0.650. The highest BCUT2D eigenvalue weighted by Crippen LogP contribution is 2.34. The molecule has 4 heteroatoms. The Morgan fingerprint density at radius 2 is 2.33 bits per heavy atom. The number of rotatable bonds is 2. The molecule has 0 saturated carbocycles. The average Bonchev–Trinajstić information content (AvgIpc) is 2.82. The summed E-state index contributed by atoms with van der Waals surface area (Å²) >= 11 is 0. The van der Waals surface area contributed by atoms with Crippen molar-refractivity contribution >= 4 is 5.69 Å². The van der Waals surface area contributed by atoms with Crippen molar-refractivity contribution < 1.29 is 4.74 Å². The highest BCUT2D eigenvalue weighted by molar-refractivity contribution is 5.59. The minimum Gasteiger partial charge on any atom is -0.493 e. The molecule has 18 heavy (non-hydrogen) atoms. The van der Waals surface area contributed by atoms with Crippen molar-refractivity contribution in [2.45, 2.75) is 25.8 Å². The monoisotopic (exact) mass is 247 g/mol. The van der Waals surface area contributed by atoms with Crippen molar-refractivity contribution in [3.8, 4) is 5.75 Å². The zero-order chi connectivity index (χ0) is 12.5. The average molecular weight is 247 g/mol. The van der Waals surface area contributed by atoms with E-state index in [0.29, 0.717) is 6.04 Å². The van der Waals surface area contributed by atoms with E-state index in [-0.39, 0.29) is 0 Å². The largest absolute Gasteiger partial charge is 0.493 e. The molecule has 4 nitrogen and oxygen atoms in total. The van der Waals surface area contributed by atoms with Gasteiger partial charge in [-0.25, -0.2) is 0 Å². The van der Waals surface area contributed by atoms with Gasteiger partial charge in [-0.3, -0.25) is 4.98 Å². The van der Waals surface area contributed by atoms with Gasteiger partial charge in [-0.15, -0.1) is 0 Å². The number of hydrogen-bond donors (Lipinski definition) is 1. The second kappa shape index (κ2) is 4.76. The molecule has 0 aliphatic carbocycles. The molecular weight excluding hydrogens is 226 g/mol. The Balaban J connectivity index is 1.85. The third kappa shape index (κ3) is 2.05. The van der Waals surface area contributed by atoms with E-state index in [1.165, 1.54) is 25.1 Å². The molecule has 2 unspecified atom stereocenters. The fourth-order valence-electron chi connectivity index (χ4n) is 3.18. The Bertz CT molecular complexity index is 421. The van der Waals surface area contributed by atoms with Crippen molar-refractivity contribution in [2.75, 3.05) is 31.6 Å². The zero-order valence-electron chi connectivity index (χ0n) is 11.1. The lowest BCUT2D eigenvalue weighted by atomic mass is 9.94. The van der Waals surface area contributed by atoms with Gasteiger partial charge in [0, 0.05) is 24.8 Å². The number of hydrogen-bond acceptors (Lipinski definition) is 4. The number of aromatic nitrogens is 1. The van der Waals surface area contributed by atoms with E-state index in [1.54, 1.807) is 7.11 Å². The molecule has 0 radical (unpaired) electrons. The van der Waals surface area contributed by atoms with Crippen molar-refractivity contribution in [2.24, 2.45) is 5.92 Å². The molecule has 0 spiro atoms. The molecule has 0 bridgehead atoms. The van der Waals surface area contributed by atoms with Crippen molar-refractivity contribution in [3.05, 3.63) is 18.0 Å². The Morgan fingerprint density at radius 3 is 3.11 bits per heavy atom. The van der Waals surface area contributed by atoms with Crippen LogP contribution in [0.5, 0.6) is 5.75 Å². The second-order valence-corrected chi connectivity index (χ2v) is 5.37. The first-order valence-electron chi connectivity index (χ1n) is 6.77. The van der Waals surface area contributed by atoms with Crippen LogP contribution in [0.3, 0.4) is 0 Å². The van der Waals surface area contributed by atoms with E-state index < -0.39 is 0 Å². The molecule has 1 aromatic heterocycles. The molecule has 2 saturated heterocycles. The summed E-state index contributed by atoms with van der Waals surface area (Å²) in [7, 11) is 1.72. The lowest BCUT2D eigenvalue weighted by Gasteiger charge is -2.24. The minimum absolute atomic E-state index is 0.650. The standard InChI is InChI=1S/C14H21N3O/c1-10-6-13(14(18-2)7-16-10)17-8-11-4-3-5-15-12(11)9-17/h6-7,11-12,15H,3-5,8-9H2,1-2H3. The summed E-state index contributed by atoms with van der Waals surface area (Å²) in [6.07, 6.45) is 4.49. The maximum absolute atomic E-state index is 5.44. The number of anilines is 1. The fourth-order valence-corrected chi connectivity index (χ4v) is 3.18. The number of pyridine rings is 1. The van der Waals surface area contributed by atoms with Crippen molar-refractivity contribution in [3.63, 3.8) is 0 Å². The van der Waals surface area contributed by atoms with Crippen LogP contribution in [0, 0.1) is 12.8 Å². The Kier molecular flexibility index (Phi) is 3.12. The van der Waals surface area contributed by atoms with E-state index >= 15 is 0 Å². The third-order valence-electron chi connectivity index (χ3n) is 4.14. The SMILES string of the molecule is COc1cnc(C)cc1N1CC2CCCNC2C1. The Labute approximate surface area is 108 Å². The van der Waals surface area contributed by atoms with Gasteiger partial charge in [-0.05, 0) is 38.3 Å². The highest BCUT2D eigenvalue weighted by Gasteiger charge is 2.35. The van der Waals surface area contributed by atoms with Crippen molar-refractivity contribution in [1.29, 1.82) is 0 Å². The van der Waals surface area contributed by atoms with Gasteiger partial charge in [0.25, 0.3) is 0 Å². The summed E-state index contributed by atoms with van der Waals surface area (Å²) < 4.78 is 5.44. The molecule has 0 amide bonds. The molecule has 2 aliphatic rings. The van der Waals surface area contributed by atoms with E-state index in [1.807, 2.05) is 13.1 Å². The number of nitrogens with zero attached hydrogens (tertiary/aromatic N) is 2. The van der Waals surface area contributed by atoms with Gasteiger partial charge in [0.2, 0.25) is 0 Å². The molecule has 2 aliphatic heterocycles.